The number of hydrogen-bond acceptors (Lipinski definition) is 3. The van der Waals surface area contributed by atoms with E-state index in [2.05, 4.69) is 9.88 Å². The van der Waals surface area contributed by atoms with Gasteiger partial charge in [-0.15, -0.1) is 0 Å². The van der Waals surface area contributed by atoms with Gasteiger partial charge in [0.2, 0.25) is 5.91 Å². The van der Waals surface area contributed by atoms with Crippen LogP contribution in [0.1, 0.15) is 19.3 Å². The number of imidazole rings is 1. The Hall–Kier alpha value is -2.80. The van der Waals surface area contributed by atoms with Crippen LogP contribution in [0.5, 0.6) is 0 Å². The third kappa shape index (κ3) is 3.08. The summed E-state index contributed by atoms with van der Waals surface area (Å²) in [4.78, 5) is 24.9. The number of aryl methyl sites for hydroxylation is 2. The van der Waals surface area contributed by atoms with Gasteiger partial charge in [-0.1, -0.05) is 0 Å². The fourth-order valence-corrected chi connectivity index (χ4v) is 4.02. The molecular weight excluding hydrogens is 344 g/mol. The summed E-state index contributed by atoms with van der Waals surface area (Å²) < 4.78 is 10.8. The number of benzene rings is 1. The van der Waals surface area contributed by atoms with Gasteiger partial charge in [-0.25, -0.2) is 4.79 Å². The van der Waals surface area contributed by atoms with Crippen LogP contribution >= 0.6 is 0 Å². The average Bonchev–Trinajstić information content (AvgIpc) is 3.28. The van der Waals surface area contributed by atoms with Crippen molar-refractivity contribution in [2.24, 2.45) is 14.1 Å². The molecule has 0 bridgehead atoms. The highest BCUT2D eigenvalue weighted by Gasteiger charge is 2.36. The summed E-state index contributed by atoms with van der Waals surface area (Å²) in [6.45, 7) is 1.31. The molecule has 7 nitrogen and oxygen atoms in total. The second kappa shape index (κ2) is 6.74. The van der Waals surface area contributed by atoms with E-state index in [4.69, 9.17) is 4.74 Å². The summed E-state index contributed by atoms with van der Waals surface area (Å²) in [5, 5.41) is 3.01. The highest BCUT2D eigenvalue weighted by Crippen LogP contribution is 2.33. The van der Waals surface area contributed by atoms with Gasteiger partial charge in [-0.3, -0.25) is 13.9 Å². The Morgan fingerprint density at radius 3 is 2.48 bits per heavy atom. The standard InChI is InChI=1S/C20H24N4O3/c1-22-16-6-5-15(13-17(16)23(2)19(22)26)21-18(25)14-20(7-11-27-12-8-20)24-9-3-4-10-24/h3-6,9-10,13H,7-8,11-12,14H2,1-2H3,(H,21,25). The number of nitrogens with one attached hydrogen (secondary N) is 1. The third-order valence-electron chi connectivity index (χ3n) is 5.62. The molecule has 3 heterocycles. The van der Waals surface area contributed by atoms with Gasteiger partial charge in [-0.2, -0.15) is 0 Å². The van der Waals surface area contributed by atoms with Crippen molar-refractivity contribution in [3.05, 3.63) is 53.2 Å². The fourth-order valence-electron chi connectivity index (χ4n) is 4.02. The number of anilines is 1. The number of carbonyl (C=O) groups is 1. The van der Waals surface area contributed by atoms with Gasteiger partial charge in [0.1, 0.15) is 0 Å². The first-order valence-electron chi connectivity index (χ1n) is 9.17. The molecule has 4 rings (SSSR count). The zero-order chi connectivity index (χ0) is 19.0. The minimum atomic E-state index is -0.254. The van der Waals surface area contributed by atoms with Crippen LogP contribution in [0, 0.1) is 0 Å². The quantitative estimate of drug-likeness (QED) is 0.768. The molecule has 1 amide bonds. The van der Waals surface area contributed by atoms with Gasteiger partial charge in [0, 0.05) is 45.4 Å². The number of amides is 1. The number of aromatic nitrogens is 3. The number of nitrogens with zero attached hydrogens (tertiary/aromatic N) is 3. The number of ether oxygens (including phenoxy) is 1. The van der Waals surface area contributed by atoms with Gasteiger partial charge >= 0.3 is 5.69 Å². The van der Waals surface area contributed by atoms with Gasteiger partial charge in [0.15, 0.2) is 0 Å². The van der Waals surface area contributed by atoms with Crippen molar-refractivity contribution in [2.75, 3.05) is 18.5 Å². The Labute approximate surface area is 157 Å². The first-order valence-corrected chi connectivity index (χ1v) is 9.17. The molecule has 1 saturated heterocycles. The van der Waals surface area contributed by atoms with Gasteiger partial charge < -0.3 is 14.6 Å². The van der Waals surface area contributed by atoms with Gasteiger partial charge in [-0.05, 0) is 43.2 Å². The Morgan fingerprint density at radius 2 is 1.78 bits per heavy atom. The van der Waals surface area contributed by atoms with E-state index < -0.39 is 0 Å². The lowest BCUT2D eigenvalue weighted by Gasteiger charge is -2.38. The molecule has 7 heteroatoms. The molecule has 2 aromatic heterocycles. The van der Waals surface area contributed by atoms with Crippen molar-refractivity contribution in [2.45, 2.75) is 24.8 Å². The maximum Gasteiger partial charge on any atom is 0.328 e. The average molecular weight is 368 g/mol. The molecule has 27 heavy (non-hydrogen) atoms. The van der Waals surface area contributed by atoms with Crippen LogP contribution in [-0.4, -0.2) is 32.8 Å². The van der Waals surface area contributed by atoms with E-state index in [1.165, 1.54) is 0 Å². The topological polar surface area (TPSA) is 70.2 Å². The molecule has 0 radical (unpaired) electrons. The number of rotatable bonds is 4. The summed E-state index contributed by atoms with van der Waals surface area (Å²) >= 11 is 0. The molecule has 0 atom stereocenters. The smallest absolute Gasteiger partial charge is 0.328 e. The second-order valence-electron chi connectivity index (χ2n) is 7.26. The lowest BCUT2D eigenvalue weighted by atomic mass is 9.86. The Balaban J connectivity index is 1.57. The maximum absolute atomic E-state index is 12.8. The number of fused-ring (bicyclic) bond motifs is 1. The summed E-state index contributed by atoms with van der Waals surface area (Å²) in [5.74, 6) is -0.0362. The monoisotopic (exact) mass is 368 g/mol. The SMILES string of the molecule is Cn1c(=O)n(C)c2cc(NC(=O)CC3(n4cccc4)CCOCC3)ccc21. The zero-order valence-electron chi connectivity index (χ0n) is 15.6. The highest BCUT2D eigenvalue weighted by atomic mass is 16.5. The van der Waals surface area contributed by atoms with Crippen molar-refractivity contribution in [3.8, 4) is 0 Å². The molecule has 0 aliphatic carbocycles. The van der Waals surface area contributed by atoms with E-state index in [1.807, 2.05) is 42.7 Å². The molecule has 0 unspecified atom stereocenters. The van der Waals surface area contributed by atoms with Crippen molar-refractivity contribution in [3.63, 3.8) is 0 Å². The normalized spacial score (nSPS) is 16.5. The maximum atomic E-state index is 12.8. The van der Waals surface area contributed by atoms with Crippen molar-refractivity contribution in [1.82, 2.24) is 13.7 Å². The van der Waals surface area contributed by atoms with Crippen LogP contribution in [0.3, 0.4) is 0 Å². The van der Waals surface area contributed by atoms with Crippen molar-refractivity contribution < 1.29 is 9.53 Å². The molecular formula is C20H24N4O3. The molecule has 1 aromatic carbocycles. The largest absolute Gasteiger partial charge is 0.381 e. The minimum Gasteiger partial charge on any atom is -0.381 e. The minimum absolute atomic E-state index is 0.0362. The summed E-state index contributed by atoms with van der Waals surface area (Å²) in [5.41, 5.74) is 2.00. The van der Waals surface area contributed by atoms with E-state index in [-0.39, 0.29) is 17.1 Å². The lowest BCUT2D eigenvalue weighted by molar-refractivity contribution is -0.119. The van der Waals surface area contributed by atoms with Gasteiger partial charge in [0.25, 0.3) is 0 Å². The molecule has 1 aliphatic rings. The molecule has 0 saturated carbocycles. The summed E-state index contributed by atoms with van der Waals surface area (Å²) in [6.07, 6.45) is 6.04. The van der Waals surface area contributed by atoms with Crippen molar-refractivity contribution in [1.29, 1.82) is 0 Å². The Kier molecular flexibility index (Phi) is 4.39. The molecule has 1 aliphatic heterocycles. The first kappa shape index (κ1) is 17.6. The highest BCUT2D eigenvalue weighted by molar-refractivity contribution is 5.93. The van der Waals surface area contributed by atoms with Gasteiger partial charge in [0.05, 0.1) is 23.0 Å². The second-order valence-corrected chi connectivity index (χ2v) is 7.26. The van der Waals surface area contributed by atoms with Crippen LogP contribution in [-0.2, 0) is 29.2 Å². The summed E-state index contributed by atoms with van der Waals surface area (Å²) in [7, 11) is 3.48. The van der Waals surface area contributed by atoms with Crippen LogP contribution in [0.25, 0.3) is 11.0 Å². The lowest BCUT2D eigenvalue weighted by Crippen LogP contribution is -2.42. The van der Waals surface area contributed by atoms with E-state index in [0.29, 0.717) is 25.3 Å². The molecule has 1 fully saturated rings. The Bertz CT molecular complexity index is 1020. The third-order valence-corrected chi connectivity index (χ3v) is 5.62. The van der Waals surface area contributed by atoms with E-state index in [0.717, 1.165) is 23.9 Å². The molecule has 0 spiro atoms. The predicted molar refractivity (Wildman–Crippen MR) is 104 cm³/mol. The van der Waals surface area contributed by atoms with E-state index >= 15 is 0 Å². The van der Waals surface area contributed by atoms with Crippen LogP contribution in [0.4, 0.5) is 5.69 Å². The van der Waals surface area contributed by atoms with Crippen molar-refractivity contribution >= 4 is 22.6 Å². The first-order chi connectivity index (χ1) is 13.0. The number of hydrogen-bond donors (Lipinski definition) is 1. The zero-order valence-corrected chi connectivity index (χ0v) is 15.6. The molecule has 1 N–H and O–H groups in total. The summed E-state index contributed by atoms with van der Waals surface area (Å²) in [6, 6.07) is 9.52. The van der Waals surface area contributed by atoms with E-state index in [9.17, 15) is 9.59 Å². The van der Waals surface area contributed by atoms with Crippen LogP contribution in [0.15, 0.2) is 47.5 Å². The van der Waals surface area contributed by atoms with E-state index in [1.54, 1.807) is 23.2 Å². The molecule has 3 aromatic rings. The Morgan fingerprint density at radius 1 is 1.11 bits per heavy atom. The van der Waals surface area contributed by atoms with Crippen LogP contribution in [0.2, 0.25) is 0 Å². The van der Waals surface area contributed by atoms with Crippen LogP contribution < -0.4 is 11.0 Å². The fraction of sp³-hybridized carbons (Fsp3) is 0.400. The molecule has 142 valence electrons. The number of carbonyl (C=O) groups excluding carboxylic acids is 1. The predicted octanol–water partition coefficient (Wildman–Crippen LogP) is 2.21.